The van der Waals surface area contributed by atoms with Crippen LogP contribution in [0.1, 0.15) is 37.2 Å². The fourth-order valence-corrected chi connectivity index (χ4v) is 2.25. The molecule has 0 aliphatic carbocycles. The highest BCUT2D eigenvalue weighted by molar-refractivity contribution is 5.75. The average Bonchev–Trinajstić information content (AvgIpc) is 2.52. The van der Waals surface area contributed by atoms with Gasteiger partial charge in [0.15, 0.2) is 5.69 Å². The van der Waals surface area contributed by atoms with E-state index in [0.29, 0.717) is 0 Å². The first-order chi connectivity index (χ1) is 9.34. The van der Waals surface area contributed by atoms with E-state index in [4.69, 9.17) is 0 Å². The fourth-order valence-electron chi connectivity index (χ4n) is 2.25. The lowest BCUT2D eigenvalue weighted by Gasteiger charge is -2.14. The number of aryl methyl sites for hydroxylation is 1. The number of hydrogen-bond acceptors (Lipinski definition) is 2. The molecule has 0 aliphatic heterocycles. The molecule has 0 saturated heterocycles. The zero-order valence-corrected chi connectivity index (χ0v) is 11.6. The number of carbonyl (C=O) groups is 1. The Kier molecular flexibility index (Phi) is 4.74. The van der Waals surface area contributed by atoms with Crippen molar-refractivity contribution in [3.63, 3.8) is 0 Å². The summed E-state index contributed by atoms with van der Waals surface area (Å²) in [6, 6.07) is 0. The van der Waals surface area contributed by atoms with Crippen molar-refractivity contribution < 1.29 is 31.1 Å². The van der Waals surface area contributed by atoms with E-state index >= 15 is 0 Å². The summed E-state index contributed by atoms with van der Waals surface area (Å²) in [7, 11) is 0.817. The molecule has 1 atom stereocenters. The Morgan fingerprint density at radius 3 is 2.10 bits per heavy atom. The van der Waals surface area contributed by atoms with Crippen molar-refractivity contribution >= 4 is 5.78 Å². The standard InChI is InChI=1S/C12H14F6N2O/c1-6(4-7(2)21)5-8-9(11(13,14)15)19-20(3)10(8)12(16,17)18/h6H,4-5H2,1-3H3. The lowest BCUT2D eigenvalue weighted by molar-refractivity contribution is -0.145. The number of ketones is 1. The summed E-state index contributed by atoms with van der Waals surface area (Å²) < 4.78 is 77.5. The molecule has 0 fully saturated rings. The van der Waals surface area contributed by atoms with Gasteiger partial charge < -0.3 is 4.79 Å². The number of aromatic nitrogens is 2. The molecule has 0 spiro atoms. The average molecular weight is 316 g/mol. The molecule has 0 amide bonds. The third kappa shape index (κ3) is 4.21. The molecule has 0 bridgehead atoms. The maximum atomic E-state index is 12.9. The van der Waals surface area contributed by atoms with E-state index in [-0.39, 0.29) is 16.9 Å². The summed E-state index contributed by atoms with van der Waals surface area (Å²) >= 11 is 0. The maximum Gasteiger partial charge on any atom is 0.435 e. The van der Waals surface area contributed by atoms with Crippen molar-refractivity contribution in [2.24, 2.45) is 13.0 Å². The number of rotatable bonds is 4. The second-order valence-electron chi connectivity index (χ2n) is 5.01. The molecule has 1 aromatic rings. The van der Waals surface area contributed by atoms with E-state index in [1.807, 2.05) is 0 Å². The smallest absolute Gasteiger partial charge is 0.300 e. The van der Waals surface area contributed by atoms with Gasteiger partial charge >= 0.3 is 12.4 Å². The minimum atomic E-state index is -4.98. The second-order valence-corrected chi connectivity index (χ2v) is 5.01. The zero-order chi connectivity index (χ0) is 16.6. The van der Waals surface area contributed by atoms with Crippen molar-refractivity contribution in [3.8, 4) is 0 Å². The van der Waals surface area contributed by atoms with E-state index < -0.39 is 41.6 Å². The van der Waals surface area contributed by atoms with E-state index in [2.05, 4.69) is 5.10 Å². The van der Waals surface area contributed by atoms with Gasteiger partial charge in [0.05, 0.1) is 0 Å². The summed E-state index contributed by atoms with van der Waals surface area (Å²) in [5, 5.41) is 2.97. The third-order valence-corrected chi connectivity index (χ3v) is 2.87. The molecular formula is C12H14F6N2O. The van der Waals surface area contributed by atoms with Gasteiger partial charge in [0.2, 0.25) is 0 Å². The van der Waals surface area contributed by atoms with Crippen molar-refractivity contribution in [1.29, 1.82) is 0 Å². The molecule has 0 saturated carbocycles. The molecule has 1 heterocycles. The predicted octanol–water partition coefficient (Wildman–Crippen LogP) is 3.62. The Morgan fingerprint density at radius 2 is 1.71 bits per heavy atom. The zero-order valence-electron chi connectivity index (χ0n) is 11.6. The van der Waals surface area contributed by atoms with Crippen molar-refractivity contribution in [1.82, 2.24) is 9.78 Å². The fraction of sp³-hybridized carbons (Fsp3) is 0.667. The van der Waals surface area contributed by atoms with Crippen molar-refractivity contribution in [2.75, 3.05) is 0 Å². The molecule has 1 rings (SSSR count). The van der Waals surface area contributed by atoms with Crippen LogP contribution >= 0.6 is 0 Å². The first-order valence-electron chi connectivity index (χ1n) is 6.03. The van der Waals surface area contributed by atoms with Gasteiger partial charge in [-0.05, 0) is 19.3 Å². The van der Waals surface area contributed by atoms with E-state index in [1.165, 1.54) is 13.8 Å². The quantitative estimate of drug-likeness (QED) is 0.795. The Balaban J connectivity index is 3.34. The largest absolute Gasteiger partial charge is 0.435 e. The SMILES string of the molecule is CC(=O)CC(C)Cc1c(C(F)(F)F)nn(C)c1C(F)(F)F. The number of nitrogens with zero attached hydrogens (tertiary/aromatic N) is 2. The lowest BCUT2D eigenvalue weighted by Crippen LogP contribution is -2.17. The molecule has 0 aliphatic rings. The number of halogens is 6. The van der Waals surface area contributed by atoms with Crippen LogP contribution < -0.4 is 0 Å². The van der Waals surface area contributed by atoms with Crippen LogP contribution in [0.15, 0.2) is 0 Å². The van der Waals surface area contributed by atoms with Crippen LogP contribution in [0.4, 0.5) is 26.3 Å². The molecule has 3 nitrogen and oxygen atoms in total. The Hall–Kier alpha value is -1.54. The van der Waals surface area contributed by atoms with Crippen LogP contribution in [0, 0.1) is 5.92 Å². The highest BCUT2D eigenvalue weighted by Gasteiger charge is 2.45. The Bertz CT molecular complexity index is 529. The normalized spacial score (nSPS) is 14.3. The molecular weight excluding hydrogens is 302 g/mol. The lowest BCUT2D eigenvalue weighted by atomic mass is 9.94. The molecule has 0 N–H and O–H groups in total. The second kappa shape index (κ2) is 5.69. The van der Waals surface area contributed by atoms with Crippen LogP contribution in [-0.2, 0) is 30.6 Å². The molecule has 1 aromatic heterocycles. The van der Waals surface area contributed by atoms with E-state index in [1.54, 1.807) is 0 Å². The topological polar surface area (TPSA) is 34.9 Å². The third-order valence-electron chi connectivity index (χ3n) is 2.87. The van der Waals surface area contributed by atoms with Crippen molar-refractivity contribution in [2.45, 2.75) is 39.0 Å². The summed E-state index contributed by atoms with van der Waals surface area (Å²) in [6.45, 7) is 2.66. The van der Waals surface area contributed by atoms with Crippen molar-refractivity contribution in [3.05, 3.63) is 17.0 Å². The van der Waals surface area contributed by atoms with Gasteiger partial charge in [0.25, 0.3) is 0 Å². The number of hydrogen-bond donors (Lipinski definition) is 0. The van der Waals surface area contributed by atoms with Gasteiger partial charge in [-0.3, -0.25) is 4.68 Å². The van der Waals surface area contributed by atoms with Gasteiger partial charge in [0.1, 0.15) is 11.5 Å². The molecule has 120 valence electrons. The molecule has 0 radical (unpaired) electrons. The van der Waals surface area contributed by atoms with Crippen LogP contribution in [0.25, 0.3) is 0 Å². The molecule has 1 unspecified atom stereocenters. The van der Waals surface area contributed by atoms with Gasteiger partial charge in [-0.1, -0.05) is 6.92 Å². The minimum Gasteiger partial charge on any atom is -0.300 e. The number of alkyl halides is 6. The first-order valence-corrected chi connectivity index (χ1v) is 6.03. The monoisotopic (exact) mass is 316 g/mol. The highest BCUT2D eigenvalue weighted by atomic mass is 19.4. The van der Waals surface area contributed by atoms with E-state index in [9.17, 15) is 31.1 Å². The van der Waals surface area contributed by atoms with Gasteiger partial charge in [-0.15, -0.1) is 0 Å². The number of Topliss-reactive ketones (excluding diaryl/α,β-unsaturated/α-hetero) is 1. The molecule has 9 heteroatoms. The van der Waals surface area contributed by atoms with Crippen LogP contribution in [0.2, 0.25) is 0 Å². The van der Waals surface area contributed by atoms with Crippen LogP contribution in [-0.4, -0.2) is 15.6 Å². The van der Waals surface area contributed by atoms with Gasteiger partial charge in [0, 0.05) is 19.0 Å². The first kappa shape index (κ1) is 17.5. The van der Waals surface area contributed by atoms with Crippen LogP contribution in [0.5, 0.6) is 0 Å². The Morgan fingerprint density at radius 1 is 1.19 bits per heavy atom. The summed E-state index contributed by atoms with van der Waals surface area (Å²) in [5.41, 5.74) is -3.88. The molecule has 0 aromatic carbocycles. The van der Waals surface area contributed by atoms with E-state index in [0.717, 1.165) is 7.05 Å². The Labute approximate surface area is 116 Å². The number of carbonyl (C=O) groups excluding carboxylic acids is 1. The summed E-state index contributed by atoms with van der Waals surface area (Å²) in [5.74, 6) is -0.942. The van der Waals surface area contributed by atoms with Crippen LogP contribution in [0.3, 0.4) is 0 Å². The maximum absolute atomic E-state index is 12.9. The minimum absolute atomic E-state index is 0.0938. The molecule has 21 heavy (non-hydrogen) atoms. The summed E-state index contributed by atoms with van der Waals surface area (Å²) in [6.07, 6.45) is -10.5. The predicted molar refractivity (Wildman–Crippen MR) is 61.4 cm³/mol. The highest BCUT2D eigenvalue weighted by Crippen LogP contribution is 2.40. The summed E-state index contributed by atoms with van der Waals surface area (Å²) in [4.78, 5) is 10.9. The van der Waals surface area contributed by atoms with Gasteiger partial charge in [-0.25, -0.2) is 0 Å². The van der Waals surface area contributed by atoms with Gasteiger partial charge in [-0.2, -0.15) is 31.4 Å².